The second-order valence-electron chi connectivity index (χ2n) is 6.43. The highest BCUT2D eigenvalue weighted by Gasteiger charge is 2.25. The molecule has 120 valence electrons. The minimum atomic E-state index is 0.0116. The Kier molecular flexibility index (Phi) is 5.34. The molecular weight excluding hydrogens is 298 g/mol. The number of carbonyl (C=O) groups excluding carboxylic acids is 1. The van der Waals surface area contributed by atoms with Crippen LogP contribution < -0.4 is 10.6 Å². The molecule has 0 aromatic heterocycles. The smallest absolute Gasteiger partial charge is 0.238 e. The lowest BCUT2D eigenvalue weighted by molar-refractivity contribution is -0.117. The van der Waals surface area contributed by atoms with Gasteiger partial charge in [-0.05, 0) is 50.3 Å². The van der Waals surface area contributed by atoms with Crippen LogP contribution in [0.15, 0.2) is 24.3 Å². The van der Waals surface area contributed by atoms with Gasteiger partial charge in [-0.25, -0.2) is 0 Å². The van der Waals surface area contributed by atoms with Gasteiger partial charge in [-0.3, -0.25) is 9.69 Å². The summed E-state index contributed by atoms with van der Waals surface area (Å²) in [7, 11) is 0. The predicted octanol–water partition coefficient (Wildman–Crippen LogP) is 2.74. The van der Waals surface area contributed by atoms with Crippen molar-refractivity contribution in [2.75, 3.05) is 31.5 Å². The van der Waals surface area contributed by atoms with Crippen LogP contribution >= 0.6 is 11.6 Å². The van der Waals surface area contributed by atoms with Crippen molar-refractivity contribution >= 4 is 23.2 Å². The van der Waals surface area contributed by atoms with E-state index in [-0.39, 0.29) is 5.91 Å². The lowest BCUT2D eigenvalue weighted by Crippen LogP contribution is -2.45. The summed E-state index contributed by atoms with van der Waals surface area (Å²) in [6.07, 6.45) is 5.06. The largest absolute Gasteiger partial charge is 0.324 e. The van der Waals surface area contributed by atoms with Crippen molar-refractivity contribution in [3.05, 3.63) is 29.3 Å². The zero-order valence-electron chi connectivity index (χ0n) is 12.9. The number of hydrogen-bond donors (Lipinski definition) is 2. The summed E-state index contributed by atoms with van der Waals surface area (Å²) in [5.74, 6) is 0.942. The van der Waals surface area contributed by atoms with Gasteiger partial charge in [0.1, 0.15) is 0 Å². The summed E-state index contributed by atoms with van der Waals surface area (Å²) in [5.41, 5.74) is 0.690. The van der Waals surface area contributed by atoms with Crippen LogP contribution in [0.2, 0.25) is 5.02 Å². The van der Waals surface area contributed by atoms with Crippen molar-refractivity contribution in [1.82, 2.24) is 10.2 Å². The molecule has 1 saturated carbocycles. The van der Waals surface area contributed by atoms with Crippen molar-refractivity contribution in [2.24, 2.45) is 5.92 Å². The van der Waals surface area contributed by atoms with Crippen molar-refractivity contribution in [2.45, 2.75) is 31.7 Å². The Morgan fingerprint density at radius 3 is 2.59 bits per heavy atom. The van der Waals surface area contributed by atoms with E-state index in [0.717, 1.165) is 31.8 Å². The van der Waals surface area contributed by atoms with E-state index in [4.69, 9.17) is 11.6 Å². The predicted molar refractivity (Wildman–Crippen MR) is 90.3 cm³/mol. The number of rotatable bonds is 6. The summed E-state index contributed by atoms with van der Waals surface area (Å²) in [6, 6.07) is 7.97. The van der Waals surface area contributed by atoms with Gasteiger partial charge in [0.15, 0.2) is 0 Å². The Morgan fingerprint density at radius 1 is 1.18 bits per heavy atom. The molecule has 0 radical (unpaired) electrons. The molecule has 22 heavy (non-hydrogen) atoms. The van der Waals surface area contributed by atoms with Crippen LogP contribution in [-0.2, 0) is 4.79 Å². The second-order valence-corrected chi connectivity index (χ2v) is 6.84. The highest BCUT2D eigenvalue weighted by molar-refractivity contribution is 6.33. The number of para-hydroxylation sites is 1. The third-order valence-corrected chi connectivity index (χ3v) is 4.82. The average Bonchev–Trinajstić information content (AvgIpc) is 3.33. The van der Waals surface area contributed by atoms with Crippen molar-refractivity contribution in [3.8, 4) is 0 Å². The van der Waals surface area contributed by atoms with Gasteiger partial charge < -0.3 is 10.6 Å². The SMILES string of the molecule is O=C(CN1CCC(NCC2CC2)CC1)Nc1ccccc1Cl. The third-order valence-electron chi connectivity index (χ3n) is 4.49. The summed E-state index contributed by atoms with van der Waals surface area (Å²) in [6.45, 7) is 3.59. The van der Waals surface area contributed by atoms with Crippen molar-refractivity contribution in [3.63, 3.8) is 0 Å². The molecule has 1 saturated heterocycles. The fourth-order valence-corrected chi connectivity index (χ4v) is 3.09. The minimum absolute atomic E-state index is 0.0116. The highest BCUT2D eigenvalue weighted by atomic mass is 35.5. The van der Waals surface area contributed by atoms with Crippen LogP contribution in [0.25, 0.3) is 0 Å². The van der Waals surface area contributed by atoms with Gasteiger partial charge in [0.2, 0.25) is 5.91 Å². The zero-order valence-corrected chi connectivity index (χ0v) is 13.6. The van der Waals surface area contributed by atoms with Gasteiger partial charge in [-0.2, -0.15) is 0 Å². The number of anilines is 1. The zero-order chi connectivity index (χ0) is 15.4. The molecule has 2 fully saturated rings. The number of halogens is 1. The Bertz CT molecular complexity index is 510. The topological polar surface area (TPSA) is 44.4 Å². The first-order chi connectivity index (χ1) is 10.7. The number of benzene rings is 1. The molecule has 2 aliphatic rings. The molecular formula is C17H24ClN3O. The number of carbonyl (C=O) groups is 1. The molecule has 0 unspecified atom stereocenters. The fourth-order valence-electron chi connectivity index (χ4n) is 2.91. The third kappa shape index (κ3) is 4.70. The van der Waals surface area contributed by atoms with Crippen LogP contribution in [0.5, 0.6) is 0 Å². The first-order valence-corrected chi connectivity index (χ1v) is 8.58. The number of hydrogen-bond acceptors (Lipinski definition) is 3. The molecule has 1 aliphatic heterocycles. The van der Waals surface area contributed by atoms with Crippen LogP contribution in [0.4, 0.5) is 5.69 Å². The molecule has 1 amide bonds. The number of nitrogens with one attached hydrogen (secondary N) is 2. The van der Waals surface area contributed by atoms with E-state index in [0.29, 0.717) is 23.3 Å². The van der Waals surface area contributed by atoms with E-state index < -0.39 is 0 Å². The van der Waals surface area contributed by atoms with Crippen LogP contribution in [-0.4, -0.2) is 43.0 Å². The Hall–Kier alpha value is -1.10. The highest BCUT2D eigenvalue weighted by Crippen LogP contribution is 2.28. The number of likely N-dealkylation sites (tertiary alicyclic amines) is 1. The first kappa shape index (κ1) is 15.8. The quantitative estimate of drug-likeness (QED) is 0.847. The maximum Gasteiger partial charge on any atom is 0.238 e. The first-order valence-electron chi connectivity index (χ1n) is 8.21. The average molecular weight is 322 g/mol. The van der Waals surface area contributed by atoms with Gasteiger partial charge in [0.05, 0.1) is 17.3 Å². The van der Waals surface area contributed by atoms with Crippen LogP contribution in [0.1, 0.15) is 25.7 Å². The van der Waals surface area contributed by atoms with E-state index in [1.807, 2.05) is 18.2 Å². The lowest BCUT2D eigenvalue weighted by Gasteiger charge is -2.32. The fraction of sp³-hybridized carbons (Fsp3) is 0.588. The van der Waals surface area contributed by atoms with Gasteiger partial charge in [-0.15, -0.1) is 0 Å². The van der Waals surface area contributed by atoms with Crippen molar-refractivity contribution in [1.29, 1.82) is 0 Å². The van der Waals surface area contributed by atoms with Gasteiger partial charge in [0.25, 0.3) is 0 Å². The van der Waals surface area contributed by atoms with Crippen LogP contribution in [0.3, 0.4) is 0 Å². The van der Waals surface area contributed by atoms with E-state index >= 15 is 0 Å². The maximum atomic E-state index is 12.1. The van der Waals surface area contributed by atoms with Gasteiger partial charge in [0, 0.05) is 19.1 Å². The summed E-state index contributed by atoms with van der Waals surface area (Å²) in [4.78, 5) is 14.3. The standard InChI is InChI=1S/C17H24ClN3O/c18-15-3-1-2-4-16(15)20-17(22)12-21-9-7-14(8-10-21)19-11-13-5-6-13/h1-4,13-14,19H,5-12H2,(H,20,22). The lowest BCUT2D eigenvalue weighted by atomic mass is 10.0. The van der Waals surface area contributed by atoms with E-state index in [1.54, 1.807) is 6.07 Å². The van der Waals surface area contributed by atoms with E-state index in [2.05, 4.69) is 15.5 Å². The van der Waals surface area contributed by atoms with E-state index in [1.165, 1.54) is 19.4 Å². The summed E-state index contributed by atoms with van der Waals surface area (Å²) >= 11 is 6.06. The second kappa shape index (κ2) is 7.44. The molecule has 1 aromatic rings. The number of nitrogens with zero attached hydrogens (tertiary/aromatic N) is 1. The normalized spacial score (nSPS) is 20.0. The molecule has 1 heterocycles. The van der Waals surface area contributed by atoms with Gasteiger partial charge >= 0.3 is 0 Å². The molecule has 2 N–H and O–H groups in total. The number of amides is 1. The Balaban J connectivity index is 1.38. The monoisotopic (exact) mass is 321 g/mol. The minimum Gasteiger partial charge on any atom is -0.324 e. The van der Waals surface area contributed by atoms with E-state index in [9.17, 15) is 4.79 Å². The van der Waals surface area contributed by atoms with Crippen molar-refractivity contribution < 1.29 is 4.79 Å². The molecule has 0 spiro atoms. The van der Waals surface area contributed by atoms with Gasteiger partial charge in [-0.1, -0.05) is 23.7 Å². The number of piperidine rings is 1. The summed E-state index contributed by atoms with van der Waals surface area (Å²) < 4.78 is 0. The molecule has 5 heteroatoms. The molecule has 3 rings (SSSR count). The van der Waals surface area contributed by atoms with Crippen LogP contribution in [0, 0.1) is 5.92 Å². The Labute approximate surface area is 137 Å². The molecule has 0 bridgehead atoms. The molecule has 1 aromatic carbocycles. The summed E-state index contributed by atoms with van der Waals surface area (Å²) in [5, 5.41) is 7.13. The Morgan fingerprint density at radius 2 is 1.91 bits per heavy atom. The molecule has 1 aliphatic carbocycles. The maximum absolute atomic E-state index is 12.1. The molecule has 0 atom stereocenters. The molecule has 4 nitrogen and oxygen atoms in total.